The van der Waals surface area contributed by atoms with Crippen LogP contribution in [0.5, 0.6) is 11.5 Å². The third-order valence-corrected chi connectivity index (χ3v) is 4.47. The van der Waals surface area contributed by atoms with E-state index in [9.17, 15) is 4.79 Å². The Kier molecular flexibility index (Phi) is 4.49. The number of fused-ring (bicyclic) bond motifs is 1. The lowest BCUT2D eigenvalue weighted by atomic mass is 10.1. The average molecular weight is 384 g/mol. The number of amides is 1. The third kappa shape index (κ3) is 3.48. The highest BCUT2D eigenvalue weighted by Gasteiger charge is 2.34. The van der Waals surface area contributed by atoms with Crippen molar-refractivity contribution in [2.24, 2.45) is 0 Å². The van der Waals surface area contributed by atoms with Crippen LogP contribution in [0, 0.1) is 6.92 Å². The Hall–Kier alpha value is -2.99. The first-order valence-electron chi connectivity index (χ1n) is 8.57. The molecule has 2 aromatic carbocycles. The molecule has 2 heterocycles. The summed E-state index contributed by atoms with van der Waals surface area (Å²) >= 11 is 6.08. The van der Waals surface area contributed by atoms with Crippen molar-refractivity contribution in [3.05, 3.63) is 65.3 Å². The second kappa shape index (κ2) is 6.96. The van der Waals surface area contributed by atoms with E-state index >= 15 is 0 Å². The van der Waals surface area contributed by atoms with Gasteiger partial charge in [-0.2, -0.15) is 5.10 Å². The van der Waals surface area contributed by atoms with Gasteiger partial charge in [-0.3, -0.25) is 4.79 Å². The molecule has 1 aliphatic heterocycles. The Morgan fingerprint density at radius 3 is 2.59 bits per heavy atom. The van der Waals surface area contributed by atoms with E-state index in [1.807, 2.05) is 37.3 Å². The lowest BCUT2D eigenvalue weighted by Gasteiger charge is -2.31. The molecule has 2 unspecified atom stereocenters. The van der Waals surface area contributed by atoms with Crippen molar-refractivity contribution < 1.29 is 14.3 Å². The van der Waals surface area contributed by atoms with Gasteiger partial charge in [0.1, 0.15) is 11.9 Å². The van der Waals surface area contributed by atoms with Gasteiger partial charge in [-0.15, -0.1) is 0 Å². The van der Waals surface area contributed by atoms with Crippen LogP contribution in [0.25, 0.3) is 5.69 Å². The largest absolute Gasteiger partial charge is 0.482 e. The maximum absolute atomic E-state index is 12.9. The molecule has 0 bridgehead atoms. The van der Waals surface area contributed by atoms with Crippen LogP contribution in [0.2, 0.25) is 5.02 Å². The predicted molar refractivity (Wildman–Crippen MR) is 103 cm³/mol. The molecule has 27 heavy (non-hydrogen) atoms. The number of rotatable bonds is 3. The molecule has 1 N–H and O–H groups in total. The fourth-order valence-electron chi connectivity index (χ4n) is 3.00. The normalized spacial score (nSPS) is 18.2. The molecule has 1 aromatic heterocycles. The molecular formula is C20H18ClN3O3. The van der Waals surface area contributed by atoms with Gasteiger partial charge in [0.05, 0.1) is 11.4 Å². The Morgan fingerprint density at radius 2 is 1.85 bits per heavy atom. The Morgan fingerprint density at radius 1 is 1.11 bits per heavy atom. The lowest BCUT2D eigenvalue weighted by Crippen LogP contribution is -2.46. The molecule has 0 spiro atoms. The summed E-state index contributed by atoms with van der Waals surface area (Å²) in [6.45, 7) is 3.66. The van der Waals surface area contributed by atoms with Gasteiger partial charge in [-0.05, 0) is 44.2 Å². The molecule has 1 amide bonds. The molecule has 0 aliphatic carbocycles. The maximum atomic E-state index is 12.9. The van der Waals surface area contributed by atoms with E-state index in [0.29, 0.717) is 22.3 Å². The number of carbonyl (C=O) groups excluding carboxylic acids is 1. The van der Waals surface area contributed by atoms with Gasteiger partial charge in [0, 0.05) is 11.1 Å². The number of para-hydroxylation sites is 2. The molecular weight excluding hydrogens is 366 g/mol. The number of hydrogen-bond acceptors (Lipinski definition) is 4. The SMILES string of the molecule is Cc1cc(NC(=O)C2Oc3ccccc3OC2C)n(-c2cccc(Cl)c2)n1. The molecule has 138 valence electrons. The Labute approximate surface area is 161 Å². The number of benzene rings is 2. The first kappa shape index (κ1) is 17.4. The minimum atomic E-state index is -0.775. The minimum absolute atomic E-state index is 0.305. The van der Waals surface area contributed by atoms with Crippen molar-refractivity contribution in [3.8, 4) is 17.2 Å². The molecule has 0 saturated heterocycles. The Balaban J connectivity index is 1.59. The monoisotopic (exact) mass is 383 g/mol. The fraction of sp³-hybridized carbons (Fsp3) is 0.200. The fourth-order valence-corrected chi connectivity index (χ4v) is 3.18. The van der Waals surface area contributed by atoms with E-state index in [0.717, 1.165) is 11.4 Å². The highest BCUT2D eigenvalue weighted by molar-refractivity contribution is 6.30. The van der Waals surface area contributed by atoms with Crippen molar-refractivity contribution in [3.63, 3.8) is 0 Å². The van der Waals surface area contributed by atoms with Gasteiger partial charge >= 0.3 is 0 Å². The van der Waals surface area contributed by atoms with Crippen LogP contribution in [-0.2, 0) is 4.79 Å². The average Bonchev–Trinajstić information content (AvgIpc) is 3.01. The predicted octanol–water partition coefficient (Wildman–Crippen LogP) is 4.00. The molecule has 3 aromatic rings. The number of nitrogens with zero attached hydrogens (tertiary/aromatic N) is 2. The number of aryl methyl sites for hydroxylation is 1. The first-order valence-corrected chi connectivity index (χ1v) is 8.95. The van der Waals surface area contributed by atoms with E-state index in [1.54, 1.807) is 35.9 Å². The number of ether oxygens (including phenoxy) is 2. The lowest BCUT2D eigenvalue weighted by molar-refractivity contribution is -0.128. The van der Waals surface area contributed by atoms with Crippen LogP contribution in [0.3, 0.4) is 0 Å². The van der Waals surface area contributed by atoms with Gasteiger partial charge in [0.15, 0.2) is 11.5 Å². The van der Waals surface area contributed by atoms with Gasteiger partial charge in [-0.25, -0.2) is 4.68 Å². The summed E-state index contributed by atoms with van der Waals surface area (Å²) < 4.78 is 13.3. The maximum Gasteiger partial charge on any atom is 0.270 e. The Bertz CT molecular complexity index is 1000. The molecule has 0 saturated carbocycles. The number of aromatic nitrogens is 2. The summed E-state index contributed by atoms with van der Waals surface area (Å²) in [5, 5.41) is 7.93. The van der Waals surface area contributed by atoms with Crippen molar-refractivity contribution in [2.45, 2.75) is 26.1 Å². The molecule has 2 atom stereocenters. The molecule has 6 nitrogen and oxygen atoms in total. The van der Waals surface area contributed by atoms with Gasteiger partial charge < -0.3 is 14.8 Å². The van der Waals surface area contributed by atoms with E-state index < -0.39 is 12.2 Å². The van der Waals surface area contributed by atoms with Crippen LogP contribution in [-0.4, -0.2) is 27.9 Å². The zero-order valence-electron chi connectivity index (χ0n) is 14.8. The highest BCUT2D eigenvalue weighted by Crippen LogP contribution is 2.33. The smallest absolute Gasteiger partial charge is 0.270 e. The molecule has 1 aliphatic rings. The van der Waals surface area contributed by atoms with Crippen LogP contribution < -0.4 is 14.8 Å². The van der Waals surface area contributed by atoms with Crippen molar-refractivity contribution >= 4 is 23.3 Å². The van der Waals surface area contributed by atoms with Crippen LogP contribution in [0.4, 0.5) is 5.82 Å². The van der Waals surface area contributed by atoms with Crippen LogP contribution >= 0.6 is 11.6 Å². The van der Waals surface area contributed by atoms with E-state index in [1.165, 1.54) is 0 Å². The number of anilines is 1. The molecule has 4 rings (SSSR count). The molecule has 7 heteroatoms. The second-order valence-corrected chi connectivity index (χ2v) is 6.80. The van der Waals surface area contributed by atoms with E-state index in [4.69, 9.17) is 21.1 Å². The topological polar surface area (TPSA) is 65.4 Å². The first-order chi connectivity index (χ1) is 13.0. The van der Waals surface area contributed by atoms with Crippen molar-refractivity contribution in [1.29, 1.82) is 0 Å². The summed E-state index contributed by atoms with van der Waals surface area (Å²) in [6, 6.07) is 16.4. The zero-order valence-corrected chi connectivity index (χ0v) is 15.6. The summed E-state index contributed by atoms with van der Waals surface area (Å²) in [5.41, 5.74) is 1.52. The molecule has 0 radical (unpaired) electrons. The summed E-state index contributed by atoms with van der Waals surface area (Å²) in [5.74, 6) is 1.42. The summed E-state index contributed by atoms with van der Waals surface area (Å²) in [6.07, 6.45) is -1.20. The molecule has 0 fully saturated rings. The van der Waals surface area contributed by atoms with Crippen molar-refractivity contribution in [2.75, 3.05) is 5.32 Å². The number of hydrogen-bond donors (Lipinski definition) is 1. The second-order valence-electron chi connectivity index (χ2n) is 6.36. The van der Waals surface area contributed by atoms with Crippen LogP contribution in [0.15, 0.2) is 54.6 Å². The van der Waals surface area contributed by atoms with Gasteiger partial charge in [-0.1, -0.05) is 29.8 Å². The number of carbonyl (C=O) groups is 1. The summed E-state index contributed by atoms with van der Waals surface area (Å²) in [7, 11) is 0. The number of nitrogens with one attached hydrogen (secondary N) is 1. The van der Waals surface area contributed by atoms with Crippen molar-refractivity contribution in [1.82, 2.24) is 9.78 Å². The van der Waals surface area contributed by atoms with Gasteiger partial charge in [0.25, 0.3) is 5.91 Å². The quantitative estimate of drug-likeness (QED) is 0.742. The minimum Gasteiger partial charge on any atom is -0.482 e. The standard InChI is InChI=1S/C20H18ClN3O3/c1-12-10-18(24(23-12)15-7-5-6-14(21)11-15)22-20(25)19-13(2)26-16-8-3-4-9-17(16)27-19/h3-11,13,19H,1-2H3,(H,22,25). The number of halogens is 1. The van der Waals surface area contributed by atoms with Crippen LogP contribution in [0.1, 0.15) is 12.6 Å². The van der Waals surface area contributed by atoms with E-state index in [2.05, 4.69) is 10.4 Å². The van der Waals surface area contributed by atoms with E-state index in [-0.39, 0.29) is 5.91 Å². The zero-order chi connectivity index (χ0) is 19.0. The highest BCUT2D eigenvalue weighted by atomic mass is 35.5. The van der Waals surface area contributed by atoms with Gasteiger partial charge in [0.2, 0.25) is 6.10 Å². The summed E-state index contributed by atoms with van der Waals surface area (Å²) in [4.78, 5) is 12.9. The third-order valence-electron chi connectivity index (χ3n) is 4.24.